The SMILES string of the molecule is Cn1nnnc1S(=O)(=O)C[C@@H]1CCCC(=O)O1.OC1CCCCO1. The van der Waals surface area contributed by atoms with Crippen LogP contribution in [0.3, 0.4) is 0 Å². The van der Waals surface area contributed by atoms with Crippen molar-refractivity contribution in [3.8, 4) is 0 Å². The lowest BCUT2D eigenvalue weighted by Gasteiger charge is -2.21. The Labute approximate surface area is 140 Å². The number of tetrazole rings is 1. The van der Waals surface area contributed by atoms with Crippen LogP contribution in [0, 0.1) is 0 Å². The van der Waals surface area contributed by atoms with E-state index < -0.39 is 22.2 Å². The summed E-state index contributed by atoms with van der Waals surface area (Å²) in [5, 5.41) is 18.7. The molecule has 2 aliphatic heterocycles. The highest BCUT2D eigenvalue weighted by Gasteiger charge is 2.30. The molecule has 0 spiro atoms. The molecule has 10 nitrogen and oxygen atoms in total. The van der Waals surface area contributed by atoms with Crippen molar-refractivity contribution in [3.05, 3.63) is 0 Å². The van der Waals surface area contributed by atoms with Crippen LogP contribution in [0.5, 0.6) is 0 Å². The smallest absolute Gasteiger partial charge is 0.306 e. The summed E-state index contributed by atoms with van der Waals surface area (Å²) in [4.78, 5) is 11.1. The van der Waals surface area contributed by atoms with E-state index in [9.17, 15) is 13.2 Å². The van der Waals surface area contributed by atoms with Crippen LogP contribution in [-0.2, 0) is 31.2 Å². The molecule has 0 amide bonds. The van der Waals surface area contributed by atoms with Crippen molar-refractivity contribution < 1.29 is 27.8 Å². The first-order valence-corrected chi connectivity index (χ1v) is 9.48. The van der Waals surface area contributed by atoms with E-state index in [2.05, 4.69) is 15.5 Å². The zero-order valence-corrected chi connectivity index (χ0v) is 14.3. The predicted molar refractivity (Wildman–Crippen MR) is 80.4 cm³/mol. The summed E-state index contributed by atoms with van der Waals surface area (Å²) in [5.41, 5.74) is 0. The van der Waals surface area contributed by atoms with Gasteiger partial charge in [0.15, 0.2) is 6.29 Å². The van der Waals surface area contributed by atoms with Gasteiger partial charge in [-0.1, -0.05) is 5.10 Å². The number of cyclic esters (lactones) is 1. The fraction of sp³-hybridized carbons (Fsp3) is 0.846. The molecule has 24 heavy (non-hydrogen) atoms. The summed E-state index contributed by atoms with van der Waals surface area (Å²) < 4.78 is 34.7. The Balaban J connectivity index is 0.000000249. The number of esters is 1. The minimum absolute atomic E-state index is 0.209. The molecule has 0 aliphatic carbocycles. The zero-order valence-electron chi connectivity index (χ0n) is 13.5. The van der Waals surface area contributed by atoms with E-state index in [0.29, 0.717) is 19.3 Å². The number of aryl methyl sites for hydroxylation is 1. The number of rotatable bonds is 3. The van der Waals surface area contributed by atoms with E-state index in [1.54, 1.807) is 0 Å². The van der Waals surface area contributed by atoms with E-state index in [1.165, 1.54) is 7.05 Å². The number of aliphatic hydroxyl groups is 1. The van der Waals surface area contributed by atoms with Crippen molar-refractivity contribution in [1.82, 2.24) is 20.2 Å². The third kappa shape index (κ3) is 5.49. The second-order valence-corrected chi connectivity index (χ2v) is 7.62. The Bertz CT molecular complexity index is 641. The number of aromatic nitrogens is 4. The molecule has 0 bridgehead atoms. The van der Waals surface area contributed by atoms with E-state index in [1.807, 2.05) is 0 Å². The van der Waals surface area contributed by atoms with Gasteiger partial charge in [-0.15, -0.1) is 0 Å². The van der Waals surface area contributed by atoms with E-state index in [0.717, 1.165) is 30.6 Å². The number of hydrogen-bond donors (Lipinski definition) is 1. The van der Waals surface area contributed by atoms with E-state index in [4.69, 9.17) is 14.6 Å². The van der Waals surface area contributed by atoms with Crippen LogP contribution in [0.25, 0.3) is 0 Å². The zero-order chi connectivity index (χ0) is 17.6. The minimum atomic E-state index is -3.62. The van der Waals surface area contributed by atoms with Crippen molar-refractivity contribution in [1.29, 1.82) is 0 Å². The molecule has 0 radical (unpaired) electrons. The van der Waals surface area contributed by atoms with Crippen molar-refractivity contribution in [2.75, 3.05) is 12.4 Å². The van der Waals surface area contributed by atoms with Crippen LogP contribution < -0.4 is 0 Å². The summed E-state index contributed by atoms with van der Waals surface area (Å²) in [5.74, 6) is -0.625. The molecule has 3 heterocycles. The minimum Gasteiger partial charge on any atom is -0.461 e. The Kier molecular flexibility index (Phi) is 6.63. The van der Waals surface area contributed by atoms with Gasteiger partial charge in [0.25, 0.3) is 5.16 Å². The van der Waals surface area contributed by atoms with Gasteiger partial charge in [0, 0.05) is 20.1 Å². The lowest BCUT2D eigenvalue weighted by Crippen LogP contribution is -2.31. The molecule has 2 fully saturated rings. The monoisotopic (exact) mass is 362 g/mol. The number of carbonyl (C=O) groups is 1. The molecule has 136 valence electrons. The van der Waals surface area contributed by atoms with Gasteiger partial charge in [-0.05, 0) is 42.5 Å². The first-order valence-electron chi connectivity index (χ1n) is 7.83. The molecule has 2 atom stereocenters. The summed E-state index contributed by atoms with van der Waals surface area (Å²) in [6.07, 6.45) is 3.53. The molecule has 1 unspecified atom stereocenters. The normalized spacial score (nSPS) is 24.7. The van der Waals surface area contributed by atoms with Gasteiger partial charge in [0.05, 0.1) is 5.75 Å². The maximum absolute atomic E-state index is 11.9. The lowest BCUT2D eigenvalue weighted by molar-refractivity contribution is -0.152. The first kappa shape index (κ1) is 18.7. The van der Waals surface area contributed by atoms with Gasteiger partial charge in [-0.2, -0.15) is 0 Å². The van der Waals surface area contributed by atoms with Gasteiger partial charge >= 0.3 is 5.97 Å². The lowest BCUT2D eigenvalue weighted by atomic mass is 10.1. The Morgan fingerprint density at radius 1 is 1.29 bits per heavy atom. The molecule has 1 aromatic rings. The Morgan fingerprint density at radius 3 is 2.58 bits per heavy atom. The summed E-state index contributed by atoms with van der Waals surface area (Å²) >= 11 is 0. The molecular weight excluding hydrogens is 340 g/mol. The fourth-order valence-electron chi connectivity index (χ4n) is 2.42. The van der Waals surface area contributed by atoms with Crippen molar-refractivity contribution in [3.63, 3.8) is 0 Å². The second kappa shape index (κ2) is 8.49. The summed E-state index contributed by atoms with van der Waals surface area (Å²) in [7, 11) is -2.18. The van der Waals surface area contributed by atoms with Crippen LogP contribution in [-0.4, -0.2) is 64.5 Å². The standard InChI is InChI=1S/C8H12N4O4S.C5H10O2/c1-12-8(9-10-11-12)17(14,15)5-6-3-2-4-7(13)16-6;6-5-3-1-2-4-7-5/h6H,2-5H2,1H3;5-6H,1-4H2/t6-;/m0./s1. The third-order valence-electron chi connectivity index (χ3n) is 3.63. The third-order valence-corrected chi connectivity index (χ3v) is 5.34. The van der Waals surface area contributed by atoms with Crippen LogP contribution in [0.15, 0.2) is 5.16 Å². The second-order valence-electron chi connectivity index (χ2n) is 5.69. The number of ether oxygens (including phenoxy) is 2. The van der Waals surface area contributed by atoms with Crippen molar-refractivity contribution >= 4 is 15.8 Å². The summed E-state index contributed by atoms with van der Waals surface area (Å²) in [6.45, 7) is 0.737. The molecule has 0 saturated carbocycles. The molecule has 1 aromatic heterocycles. The fourth-order valence-corrected chi connectivity index (χ4v) is 3.90. The van der Waals surface area contributed by atoms with E-state index >= 15 is 0 Å². The largest absolute Gasteiger partial charge is 0.461 e. The quantitative estimate of drug-likeness (QED) is 0.712. The van der Waals surface area contributed by atoms with Crippen LogP contribution in [0.1, 0.15) is 38.5 Å². The highest BCUT2D eigenvalue weighted by molar-refractivity contribution is 7.91. The predicted octanol–water partition coefficient (Wildman–Crippen LogP) is -0.415. The van der Waals surface area contributed by atoms with Gasteiger partial charge in [0.1, 0.15) is 6.10 Å². The molecule has 2 saturated heterocycles. The van der Waals surface area contributed by atoms with Crippen LogP contribution in [0.4, 0.5) is 0 Å². The van der Waals surface area contributed by atoms with Gasteiger partial charge in [0.2, 0.25) is 9.84 Å². The van der Waals surface area contributed by atoms with E-state index in [-0.39, 0.29) is 16.9 Å². The number of sulfone groups is 1. The number of carbonyl (C=O) groups excluding carboxylic acids is 1. The van der Waals surface area contributed by atoms with Gasteiger partial charge in [-0.3, -0.25) is 4.79 Å². The van der Waals surface area contributed by atoms with Gasteiger partial charge in [-0.25, -0.2) is 13.1 Å². The topological polar surface area (TPSA) is 134 Å². The molecular formula is C13H22N4O6S. The maximum Gasteiger partial charge on any atom is 0.306 e. The molecule has 2 aliphatic rings. The Morgan fingerprint density at radius 2 is 2.08 bits per heavy atom. The first-order chi connectivity index (χ1) is 11.4. The molecule has 1 N–H and O–H groups in total. The van der Waals surface area contributed by atoms with Crippen LogP contribution in [0.2, 0.25) is 0 Å². The highest BCUT2D eigenvalue weighted by Crippen LogP contribution is 2.18. The molecule has 3 rings (SSSR count). The summed E-state index contributed by atoms with van der Waals surface area (Å²) in [6, 6.07) is 0. The number of nitrogens with zero attached hydrogens (tertiary/aromatic N) is 4. The highest BCUT2D eigenvalue weighted by atomic mass is 32.2. The average molecular weight is 362 g/mol. The average Bonchev–Trinajstić information content (AvgIpc) is 2.95. The number of aliphatic hydroxyl groups excluding tert-OH is 1. The number of hydrogen-bond acceptors (Lipinski definition) is 9. The van der Waals surface area contributed by atoms with Gasteiger partial charge < -0.3 is 14.6 Å². The molecule has 11 heteroatoms. The van der Waals surface area contributed by atoms with Crippen molar-refractivity contribution in [2.24, 2.45) is 7.05 Å². The Hall–Kier alpha value is -1.59. The van der Waals surface area contributed by atoms with Crippen molar-refractivity contribution in [2.45, 2.75) is 56.1 Å². The molecule has 0 aromatic carbocycles. The van der Waals surface area contributed by atoms with Crippen LogP contribution >= 0.6 is 0 Å². The maximum atomic E-state index is 11.9.